The van der Waals surface area contributed by atoms with Gasteiger partial charge in [-0.1, -0.05) is 6.07 Å². The van der Waals surface area contributed by atoms with E-state index in [2.05, 4.69) is 27.9 Å². The normalized spacial score (nSPS) is 11.5. The first-order valence-corrected chi connectivity index (χ1v) is 9.34. The number of aryl methyl sites for hydroxylation is 1. The van der Waals surface area contributed by atoms with Crippen molar-refractivity contribution in [3.8, 4) is 0 Å². The Kier molecular flexibility index (Phi) is 5.43. The largest absolute Gasteiger partial charge is 0.322 e. The fraction of sp³-hybridized carbons (Fsp3) is 0.188. The first-order chi connectivity index (χ1) is 10.7. The van der Waals surface area contributed by atoms with Crippen LogP contribution in [0.5, 0.6) is 0 Å². The summed E-state index contributed by atoms with van der Waals surface area (Å²) >= 11 is 2.16. The second kappa shape index (κ2) is 6.98. The van der Waals surface area contributed by atoms with Crippen molar-refractivity contribution in [1.82, 2.24) is 4.31 Å². The Morgan fingerprint density at radius 3 is 2.26 bits per heavy atom. The molecule has 23 heavy (non-hydrogen) atoms. The van der Waals surface area contributed by atoms with Gasteiger partial charge in [0.1, 0.15) is 0 Å². The van der Waals surface area contributed by atoms with Gasteiger partial charge in [0.2, 0.25) is 10.0 Å². The number of carbonyl (C=O) groups excluding carboxylic acids is 1. The van der Waals surface area contributed by atoms with Gasteiger partial charge in [-0.15, -0.1) is 0 Å². The minimum absolute atomic E-state index is 0.144. The van der Waals surface area contributed by atoms with Crippen molar-refractivity contribution in [3.63, 3.8) is 0 Å². The molecule has 0 saturated heterocycles. The summed E-state index contributed by atoms with van der Waals surface area (Å²) < 4.78 is 26.6. The summed E-state index contributed by atoms with van der Waals surface area (Å²) in [5, 5.41) is 2.77. The van der Waals surface area contributed by atoms with Gasteiger partial charge in [0, 0.05) is 28.9 Å². The van der Waals surface area contributed by atoms with E-state index in [0.717, 1.165) is 13.4 Å². The molecule has 0 fully saturated rings. The van der Waals surface area contributed by atoms with Crippen LogP contribution in [0, 0.1) is 10.5 Å². The summed E-state index contributed by atoms with van der Waals surface area (Å²) in [6.07, 6.45) is 0. The molecule has 0 spiro atoms. The summed E-state index contributed by atoms with van der Waals surface area (Å²) in [4.78, 5) is 12.4. The molecule has 0 saturated carbocycles. The molecule has 0 radical (unpaired) electrons. The summed E-state index contributed by atoms with van der Waals surface area (Å²) in [6.45, 7) is 1.82. The van der Waals surface area contributed by atoms with Gasteiger partial charge in [-0.05, 0) is 71.5 Å². The van der Waals surface area contributed by atoms with E-state index in [1.165, 1.54) is 26.2 Å². The molecule has 0 aromatic heterocycles. The van der Waals surface area contributed by atoms with Gasteiger partial charge in [-0.25, -0.2) is 12.7 Å². The number of hydrogen-bond donors (Lipinski definition) is 1. The number of nitrogens with zero attached hydrogens (tertiary/aromatic N) is 1. The number of rotatable bonds is 4. The topological polar surface area (TPSA) is 66.5 Å². The molecule has 7 heteroatoms. The molecular formula is C16H17IN2O3S. The van der Waals surface area contributed by atoms with Crippen LogP contribution in [0.1, 0.15) is 15.9 Å². The molecule has 122 valence electrons. The van der Waals surface area contributed by atoms with Gasteiger partial charge < -0.3 is 5.32 Å². The van der Waals surface area contributed by atoms with E-state index < -0.39 is 10.0 Å². The van der Waals surface area contributed by atoms with Crippen LogP contribution in [0.3, 0.4) is 0 Å². The van der Waals surface area contributed by atoms with E-state index in [0.29, 0.717) is 11.3 Å². The number of nitrogens with one attached hydrogen (secondary N) is 1. The molecule has 5 nitrogen and oxygen atoms in total. The zero-order chi connectivity index (χ0) is 17.2. The smallest absolute Gasteiger partial charge is 0.255 e. The second-order valence-corrected chi connectivity index (χ2v) is 8.62. The third kappa shape index (κ3) is 4.10. The predicted molar refractivity (Wildman–Crippen MR) is 99.2 cm³/mol. The molecule has 1 amide bonds. The average molecular weight is 444 g/mol. The molecule has 2 rings (SSSR count). The lowest BCUT2D eigenvalue weighted by molar-refractivity contribution is 0.102. The Hall–Kier alpha value is -1.45. The number of hydrogen-bond acceptors (Lipinski definition) is 3. The quantitative estimate of drug-likeness (QED) is 0.738. The molecule has 1 N–H and O–H groups in total. The first kappa shape index (κ1) is 17.9. The Labute approximate surface area is 149 Å². The number of anilines is 1. The van der Waals surface area contributed by atoms with E-state index in [1.807, 2.05) is 19.1 Å². The van der Waals surface area contributed by atoms with Crippen molar-refractivity contribution in [1.29, 1.82) is 0 Å². The first-order valence-electron chi connectivity index (χ1n) is 6.82. The molecule has 2 aromatic carbocycles. The maximum atomic E-state index is 12.3. The number of amides is 1. The number of halogens is 1. The second-order valence-electron chi connectivity index (χ2n) is 5.23. The number of carbonyl (C=O) groups is 1. The Morgan fingerprint density at radius 2 is 1.70 bits per heavy atom. The Balaban J connectivity index is 2.33. The molecule has 2 aromatic rings. The zero-order valence-corrected chi connectivity index (χ0v) is 16.0. The van der Waals surface area contributed by atoms with Crippen LogP contribution in [0.4, 0.5) is 5.69 Å². The third-order valence-electron chi connectivity index (χ3n) is 3.34. The van der Waals surface area contributed by atoms with Crippen molar-refractivity contribution in [2.24, 2.45) is 0 Å². The molecule has 0 atom stereocenters. The molecule has 0 aliphatic heterocycles. The van der Waals surface area contributed by atoms with Crippen LogP contribution in [0.15, 0.2) is 47.4 Å². The zero-order valence-electron chi connectivity index (χ0n) is 13.0. The maximum Gasteiger partial charge on any atom is 0.255 e. The van der Waals surface area contributed by atoms with E-state index in [-0.39, 0.29) is 10.8 Å². The Morgan fingerprint density at radius 1 is 1.09 bits per heavy atom. The standard InChI is InChI=1S/C16H17IN2O3S/c1-11-4-9-14(23(21,22)19(2)3)10-15(11)18-16(20)12-5-7-13(17)8-6-12/h4-10H,1-3H3,(H,18,20). The van der Waals surface area contributed by atoms with Gasteiger partial charge in [0.25, 0.3) is 5.91 Å². The fourth-order valence-corrected chi connectivity index (χ4v) is 3.19. The fourth-order valence-electron chi connectivity index (χ4n) is 1.90. The summed E-state index contributed by atoms with van der Waals surface area (Å²) in [5.41, 5.74) is 1.80. The molecule has 0 aliphatic rings. The van der Waals surface area contributed by atoms with Gasteiger partial charge in [-0.2, -0.15) is 0 Å². The lowest BCUT2D eigenvalue weighted by Gasteiger charge is -2.14. The molecule has 0 aliphatic carbocycles. The van der Waals surface area contributed by atoms with Crippen molar-refractivity contribution < 1.29 is 13.2 Å². The van der Waals surface area contributed by atoms with E-state index in [9.17, 15) is 13.2 Å². The van der Waals surface area contributed by atoms with Crippen LogP contribution in [0.25, 0.3) is 0 Å². The van der Waals surface area contributed by atoms with Crippen LogP contribution in [0.2, 0.25) is 0 Å². The highest BCUT2D eigenvalue weighted by molar-refractivity contribution is 14.1. The summed E-state index contributed by atoms with van der Waals surface area (Å²) in [7, 11) is -0.599. The van der Waals surface area contributed by atoms with Crippen molar-refractivity contribution in [2.75, 3.05) is 19.4 Å². The van der Waals surface area contributed by atoms with Crippen LogP contribution in [-0.4, -0.2) is 32.7 Å². The lowest BCUT2D eigenvalue weighted by Crippen LogP contribution is -2.22. The number of benzene rings is 2. The third-order valence-corrected chi connectivity index (χ3v) is 5.87. The van der Waals surface area contributed by atoms with Crippen molar-refractivity contribution >= 4 is 44.2 Å². The summed E-state index contributed by atoms with van der Waals surface area (Å²) in [5.74, 6) is -0.274. The molecule has 0 unspecified atom stereocenters. The minimum Gasteiger partial charge on any atom is -0.322 e. The van der Waals surface area contributed by atoms with E-state index in [1.54, 1.807) is 18.2 Å². The highest BCUT2D eigenvalue weighted by atomic mass is 127. The monoisotopic (exact) mass is 444 g/mol. The average Bonchev–Trinajstić information content (AvgIpc) is 2.49. The maximum absolute atomic E-state index is 12.3. The lowest BCUT2D eigenvalue weighted by atomic mass is 10.1. The van der Waals surface area contributed by atoms with Gasteiger partial charge in [-0.3, -0.25) is 4.79 Å². The van der Waals surface area contributed by atoms with Gasteiger partial charge in [0.05, 0.1) is 4.90 Å². The van der Waals surface area contributed by atoms with Gasteiger partial charge in [0.15, 0.2) is 0 Å². The van der Waals surface area contributed by atoms with E-state index in [4.69, 9.17) is 0 Å². The Bertz CT molecular complexity index is 831. The predicted octanol–water partition coefficient (Wildman–Crippen LogP) is 3.10. The van der Waals surface area contributed by atoms with Crippen LogP contribution >= 0.6 is 22.6 Å². The summed E-state index contributed by atoms with van der Waals surface area (Å²) in [6, 6.07) is 11.8. The van der Waals surface area contributed by atoms with E-state index >= 15 is 0 Å². The minimum atomic E-state index is -3.54. The highest BCUT2D eigenvalue weighted by Crippen LogP contribution is 2.22. The highest BCUT2D eigenvalue weighted by Gasteiger charge is 2.18. The molecule has 0 bridgehead atoms. The van der Waals surface area contributed by atoms with Crippen molar-refractivity contribution in [3.05, 3.63) is 57.2 Å². The van der Waals surface area contributed by atoms with Crippen LogP contribution in [-0.2, 0) is 10.0 Å². The van der Waals surface area contributed by atoms with Crippen molar-refractivity contribution in [2.45, 2.75) is 11.8 Å². The van der Waals surface area contributed by atoms with Crippen LogP contribution < -0.4 is 5.32 Å². The molecular weight excluding hydrogens is 427 g/mol. The molecule has 0 heterocycles. The number of sulfonamides is 1. The SMILES string of the molecule is Cc1ccc(S(=O)(=O)N(C)C)cc1NC(=O)c1ccc(I)cc1. The van der Waals surface area contributed by atoms with Gasteiger partial charge >= 0.3 is 0 Å².